The maximum atomic E-state index is 12.2. The lowest BCUT2D eigenvalue weighted by Crippen LogP contribution is -2.47. The number of amides is 1. The minimum Gasteiger partial charge on any atom is -0.391 e. The number of carbonyl (C=O) groups excluding carboxylic acids is 1. The first kappa shape index (κ1) is 16.9. The second-order valence-electron chi connectivity index (χ2n) is 5.85. The van der Waals surface area contributed by atoms with Crippen LogP contribution in [-0.4, -0.2) is 54.9 Å². The maximum Gasteiger partial charge on any atom is 0.237 e. The number of hydrogen-bond acceptors (Lipinski definition) is 4. The van der Waals surface area contributed by atoms with Crippen LogP contribution in [0.2, 0.25) is 0 Å². The van der Waals surface area contributed by atoms with Gasteiger partial charge in [-0.3, -0.25) is 9.69 Å². The van der Waals surface area contributed by atoms with Gasteiger partial charge in [-0.1, -0.05) is 24.3 Å². The van der Waals surface area contributed by atoms with E-state index in [1.54, 1.807) is 7.11 Å². The number of fused-ring (bicyclic) bond motifs is 1. The lowest BCUT2D eigenvalue weighted by atomic mass is 9.99. The summed E-state index contributed by atoms with van der Waals surface area (Å²) in [6, 6.07) is 8.25. The molecule has 5 nitrogen and oxygen atoms in total. The largest absolute Gasteiger partial charge is 0.391 e. The molecule has 5 heteroatoms. The van der Waals surface area contributed by atoms with E-state index >= 15 is 0 Å². The predicted octanol–water partition coefficient (Wildman–Crippen LogP) is 0.947. The number of aliphatic hydroxyl groups excluding tert-OH is 1. The summed E-state index contributed by atoms with van der Waals surface area (Å²) in [7, 11) is 1.55. The normalized spacial score (nSPS) is 17.6. The van der Waals surface area contributed by atoms with Crippen molar-refractivity contribution in [2.24, 2.45) is 0 Å². The molecule has 2 N–H and O–H groups in total. The van der Waals surface area contributed by atoms with Gasteiger partial charge in [0.25, 0.3) is 0 Å². The van der Waals surface area contributed by atoms with Crippen molar-refractivity contribution in [3.05, 3.63) is 35.4 Å². The van der Waals surface area contributed by atoms with Crippen molar-refractivity contribution < 1.29 is 14.6 Å². The van der Waals surface area contributed by atoms with E-state index in [0.29, 0.717) is 19.6 Å². The van der Waals surface area contributed by atoms with Gasteiger partial charge >= 0.3 is 0 Å². The van der Waals surface area contributed by atoms with Crippen LogP contribution >= 0.6 is 0 Å². The predicted molar refractivity (Wildman–Crippen MR) is 85.5 cm³/mol. The molecule has 0 radical (unpaired) electrons. The average Bonchev–Trinajstić information content (AvgIpc) is 2.53. The van der Waals surface area contributed by atoms with E-state index in [4.69, 9.17) is 4.74 Å². The van der Waals surface area contributed by atoms with E-state index in [1.807, 2.05) is 13.0 Å². The average molecular weight is 306 g/mol. The summed E-state index contributed by atoms with van der Waals surface area (Å²) in [4.78, 5) is 14.4. The lowest BCUT2D eigenvalue weighted by molar-refractivity contribution is -0.126. The van der Waals surface area contributed by atoms with Gasteiger partial charge in [-0.05, 0) is 30.9 Å². The van der Waals surface area contributed by atoms with E-state index in [-0.39, 0.29) is 11.9 Å². The molecule has 0 aliphatic carbocycles. The van der Waals surface area contributed by atoms with Gasteiger partial charge in [0.15, 0.2) is 0 Å². The SMILES string of the molecule is COCC(O)CCNC(=O)C(C)N1CCc2ccccc2C1. The second-order valence-corrected chi connectivity index (χ2v) is 5.85. The molecule has 1 amide bonds. The third-order valence-electron chi connectivity index (χ3n) is 4.22. The maximum absolute atomic E-state index is 12.2. The van der Waals surface area contributed by atoms with Crippen LogP contribution in [-0.2, 0) is 22.5 Å². The summed E-state index contributed by atoms with van der Waals surface area (Å²) < 4.78 is 4.87. The minimum atomic E-state index is -0.525. The fourth-order valence-corrected chi connectivity index (χ4v) is 2.80. The molecular formula is C17H26N2O3. The Balaban J connectivity index is 1.79. The van der Waals surface area contributed by atoms with Crippen LogP contribution in [0.25, 0.3) is 0 Å². The number of aliphatic hydroxyl groups is 1. The summed E-state index contributed by atoms with van der Waals surface area (Å²) in [6.45, 7) is 4.43. The Morgan fingerprint density at radius 2 is 2.14 bits per heavy atom. The van der Waals surface area contributed by atoms with Crippen molar-refractivity contribution in [1.82, 2.24) is 10.2 Å². The lowest BCUT2D eigenvalue weighted by Gasteiger charge is -2.32. The molecule has 1 aromatic rings. The third kappa shape index (κ3) is 4.53. The van der Waals surface area contributed by atoms with E-state index in [0.717, 1.165) is 19.5 Å². The van der Waals surface area contributed by atoms with Crippen molar-refractivity contribution in [2.45, 2.75) is 38.5 Å². The topological polar surface area (TPSA) is 61.8 Å². The number of nitrogens with zero attached hydrogens (tertiary/aromatic N) is 1. The Hall–Kier alpha value is -1.43. The summed E-state index contributed by atoms with van der Waals surface area (Å²) in [5.74, 6) is 0.0176. The van der Waals surface area contributed by atoms with E-state index in [1.165, 1.54) is 11.1 Å². The Morgan fingerprint density at radius 3 is 2.86 bits per heavy atom. The van der Waals surface area contributed by atoms with Gasteiger partial charge in [0, 0.05) is 26.7 Å². The fraction of sp³-hybridized carbons (Fsp3) is 0.588. The van der Waals surface area contributed by atoms with E-state index in [9.17, 15) is 9.90 Å². The molecule has 0 fully saturated rings. The van der Waals surface area contributed by atoms with Gasteiger partial charge < -0.3 is 15.2 Å². The summed E-state index contributed by atoms with van der Waals surface area (Å²) in [5, 5.41) is 12.5. The van der Waals surface area contributed by atoms with Gasteiger partial charge in [0.1, 0.15) is 0 Å². The fourth-order valence-electron chi connectivity index (χ4n) is 2.80. The smallest absolute Gasteiger partial charge is 0.237 e. The van der Waals surface area contributed by atoms with Crippen LogP contribution < -0.4 is 5.32 Å². The Kier molecular flexibility index (Phi) is 6.36. The van der Waals surface area contributed by atoms with Gasteiger partial charge in [0.2, 0.25) is 5.91 Å². The second kappa shape index (κ2) is 8.27. The van der Waals surface area contributed by atoms with Crippen LogP contribution in [0, 0.1) is 0 Å². The molecule has 122 valence electrons. The monoisotopic (exact) mass is 306 g/mol. The molecule has 0 aromatic heterocycles. The number of carbonyl (C=O) groups is 1. The molecule has 1 aliphatic rings. The zero-order chi connectivity index (χ0) is 15.9. The molecule has 1 heterocycles. The number of ether oxygens (including phenoxy) is 1. The number of nitrogens with one attached hydrogen (secondary N) is 1. The first-order valence-corrected chi connectivity index (χ1v) is 7.87. The van der Waals surface area contributed by atoms with Gasteiger partial charge in [-0.2, -0.15) is 0 Å². The number of methoxy groups -OCH3 is 1. The number of hydrogen-bond donors (Lipinski definition) is 2. The number of rotatable bonds is 7. The first-order chi connectivity index (χ1) is 10.6. The molecule has 1 aliphatic heterocycles. The van der Waals surface area contributed by atoms with Crippen molar-refractivity contribution in [3.8, 4) is 0 Å². The molecule has 0 spiro atoms. The molecule has 2 atom stereocenters. The highest BCUT2D eigenvalue weighted by atomic mass is 16.5. The first-order valence-electron chi connectivity index (χ1n) is 7.87. The molecule has 2 unspecified atom stereocenters. The Labute approximate surface area is 132 Å². The van der Waals surface area contributed by atoms with Crippen molar-refractivity contribution in [1.29, 1.82) is 0 Å². The molecule has 2 rings (SSSR count). The highest BCUT2D eigenvalue weighted by molar-refractivity contribution is 5.81. The quantitative estimate of drug-likeness (QED) is 0.787. The molecule has 22 heavy (non-hydrogen) atoms. The van der Waals surface area contributed by atoms with Gasteiger partial charge in [-0.15, -0.1) is 0 Å². The highest BCUT2D eigenvalue weighted by Crippen LogP contribution is 2.20. The van der Waals surface area contributed by atoms with Crippen LogP contribution in [0.4, 0.5) is 0 Å². The van der Waals surface area contributed by atoms with Crippen molar-refractivity contribution in [2.75, 3.05) is 26.8 Å². The minimum absolute atomic E-state index is 0.0176. The van der Waals surface area contributed by atoms with Crippen molar-refractivity contribution >= 4 is 5.91 Å². The van der Waals surface area contributed by atoms with E-state index in [2.05, 4.69) is 28.4 Å². The molecule has 1 aromatic carbocycles. The molecular weight excluding hydrogens is 280 g/mol. The summed E-state index contributed by atoms with van der Waals surface area (Å²) in [6.07, 6.45) is 0.970. The van der Waals surface area contributed by atoms with E-state index < -0.39 is 6.10 Å². The summed E-state index contributed by atoms with van der Waals surface area (Å²) >= 11 is 0. The molecule has 0 bridgehead atoms. The van der Waals surface area contributed by atoms with Gasteiger partial charge in [-0.25, -0.2) is 0 Å². The molecule has 0 saturated heterocycles. The summed E-state index contributed by atoms with van der Waals surface area (Å²) in [5.41, 5.74) is 2.69. The van der Waals surface area contributed by atoms with Crippen LogP contribution in [0.1, 0.15) is 24.5 Å². The Bertz CT molecular complexity index is 493. The van der Waals surface area contributed by atoms with Crippen molar-refractivity contribution in [3.63, 3.8) is 0 Å². The highest BCUT2D eigenvalue weighted by Gasteiger charge is 2.24. The third-order valence-corrected chi connectivity index (χ3v) is 4.22. The van der Waals surface area contributed by atoms with Gasteiger partial charge in [0.05, 0.1) is 18.8 Å². The number of benzene rings is 1. The standard InChI is InChI=1S/C17H26N2O3/c1-13(17(21)18-9-7-16(20)12-22-2)19-10-8-14-5-3-4-6-15(14)11-19/h3-6,13,16,20H,7-12H2,1-2H3,(H,18,21). The van der Waals surface area contributed by atoms with Crippen LogP contribution in [0.15, 0.2) is 24.3 Å². The zero-order valence-electron chi connectivity index (χ0n) is 13.4. The van der Waals surface area contributed by atoms with Crippen LogP contribution in [0.5, 0.6) is 0 Å². The van der Waals surface area contributed by atoms with Crippen LogP contribution in [0.3, 0.4) is 0 Å². The molecule has 0 saturated carbocycles. The Morgan fingerprint density at radius 1 is 1.41 bits per heavy atom. The zero-order valence-corrected chi connectivity index (χ0v) is 13.4.